The number of likely N-dealkylation sites (tertiary alicyclic amines) is 1. The van der Waals surface area contributed by atoms with Gasteiger partial charge in [-0.15, -0.1) is 0 Å². The molecule has 0 atom stereocenters. The SMILES string of the molecule is O=c1ncccn1CCN1CCC(Cn2nc(C3CC3)ccc2=O)CC1. The van der Waals surface area contributed by atoms with Crippen molar-refractivity contribution in [3.05, 3.63) is 57.1 Å². The summed E-state index contributed by atoms with van der Waals surface area (Å²) in [5, 5.41) is 4.58. The molecule has 1 saturated heterocycles. The minimum Gasteiger partial charge on any atom is -0.302 e. The van der Waals surface area contributed by atoms with E-state index in [0.717, 1.165) is 44.7 Å². The fraction of sp³-hybridized carbons (Fsp3) is 0.579. The molecule has 1 aliphatic heterocycles. The van der Waals surface area contributed by atoms with Gasteiger partial charge in [-0.2, -0.15) is 5.10 Å². The lowest BCUT2D eigenvalue weighted by atomic mass is 9.97. The Morgan fingerprint density at radius 2 is 1.85 bits per heavy atom. The standard InChI is InChI=1S/C19H25N5O2/c25-18-5-4-17(16-2-3-16)21-24(18)14-15-6-10-22(11-7-15)12-13-23-9-1-8-20-19(23)26/h1,4-5,8-9,15-16H,2-3,6-7,10-14H2. The summed E-state index contributed by atoms with van der Waals surface area (Å²) in [4.78, 5) is 29.9. The molecule has 2 aromatic rings. The van der Waals surface area contributed by atoms with E-state index in [1.807, 2.05) is 6.07 Å². The molecule has 0 unspecified atom stereocenters. The van der Waals surface area contributed by atoms with E-state index in [0.29, 0.717) is 18.4 Å². The molecule has 0 radical (unpaired) electrons. The van der Waals surface area contributed by atoms with Gasteiger partial charge < -0.3 is 4.90 Å². The van der Waals surface area contributed by atoms with E-state index in [1.54, 1.807) is 27.6 Å². The maximum absolute atomic E-state index is 12.1. The summed E-state index contributed by atoms with van der Waals surface area (Å²) in [5.74, 6) is 1.06. The lowest BCUT2D eigenvalue weighted by molar-refractivity contribution is 0.164. The molecular formula is C19H25N5O2. The minimum absolute atomic E-state index is 0.00721. The van der Waals surface area contributed by atoms with Crippen LogP contribution in [-0.4, -0.2) is 43.9 Å². The average Bonchev–Trinajstić information content (AvgIpc) is 3.49. The molecule has 2 fully saturated rings. The van der Waals surface area contributed by atoms with E-state index in [2.05, 4.69) is 15.0 Å². The third-order valence-corrected chi connectivity index (χ3v) is 5.46. The molecular weight excluding hydrogens is 330 g/mol. The highest BCUT2D eigenvalue weighted by atomic mass is 16.1. The largest absolute Gasteiger partial charge is 0.347 e. The highest BCUT2D eigenvalue weighted by Crippen LogP contribution is 2.38. The Balaban J connectivity index is 1.29. The van der Waals surface area contributed by atoms with Crippen molar-refractivity contribution in [3.63, 3.8) is 0 Å². The van der Waals surface area contributed by atoms with Gasteiger partial charge >= 0.3 is 5.69 Å². The first-order chi connectivity index (χ1) is 12.7. The summed E-state index contributed by atoms with van der Waals surface area (Å²) in [6, 6.07) is 5.34. The first kappa shape index (κ1) is 17.1. The molecule has 2 aromatic heterocycles. The number of hydrogen-bond acceptors (Lipinski definition) is 5. The van der Waals surface area contributed by atoms with Crippen molar-refractivity contribution in [2.75, 3.05) is 19.6 Å². The van der Waals surface area contributed by atoms with Crippen LogP contribution in [-0.2, 0) is 13.1 Å². The summed E-state index contributed by atoms with van der Waals surface area (Å²) < 4.78 is 3.32. The molecule has 26 heavy (non-hydrogen) atoms. The number of aromatic nitrogens is 4. The van der Waals surface area contributed by atoms with E-state index < -0.39 is 0 Å². The van der Waals surface area contributed by atoms with E-state index in [9.17, 15) is 9.59 Å². The average molecular weight is 355 g/mol. The van der Waals surface area contributed by atoms with Crippen LogP contribution >= 0.6 is 0 Å². The molecule has 0 amide bonds. The Morgan fingerprint density at radius 1 is 1.04 bits per heavy atom. The summed E-state index contributed by atoms with van der Waals surface area (Å²) >= 11 is 0. The van der Waals surface area contributed by atoms with Crippen LogP contribution in [0.15, 0.2) is 40.2 Å². The Morgan fingerprint density at radius 3 is 2.58 bits per heavy atom. The molecule has 0 bridgehead atoms. The normalized spacial score (nSPS) is 18.9. The quantitative estimate of drug-likeness (QED) is 0.776. The fourth-order valence-electron chi connectivity index (χ4n) is 3.64. The summed E-state index contributed by atoms with van der Waals surface area (Å²) in [7, 11) is 0. The van der Waals surface area contributed by atoms with Crippen LogP contribution in [0, 0.1) is 5.92 Å². The third kappa shape index (κ3) is 4.09. The Labute approximate surface area is 152 Å². The first-order valence-corrected chi connectivity index (χ1v) is 9.51. The molecule has 0 spiro atoms. The zero-order chi connectivity index (χ0) is 17.9. The molecule has 1 saturated carbocycles. The van der Waals surface area contributed by atoms with Gasteiger partial charge in [-0.1, -0.05) is 0 Å². The van der Waals surface area contributed by atoms with Crippen LogP contribution in [0.25, 0.3) is 0 Å². The van der Waals surface area contributed by atoms with Gasteiger partial charge in [0, 0.05) is 44.0 Å². The van der Waals surface area contributed by atoms with Crippen LogP contribution in [0.1, 0.15) is 37.3 Å². The van der Waals surface area contributed by atoms with Crippen molar-refractivity contribution >= 4 is 0 Å². The van der Waals surface area contributed by atoms with Gasteiger partial charge in [0.1, 0.15) is 0 Å². The molecule has 138 valence electrons. The topological polar surface area (TPSA) is 73.0 Å². The van der Waals surface area contributed by atoms with E-state index in [1.165, 1.54) is 19.0 Å². The third-order valence-electron chi connectivity index (χ3n) is 5.46. The van der Waals surface area contributed by atoms with Crippen LogP contribution in [0.5, 0.6) is 0 Å². The van der Waals surface area contributed by atoms with E-state index in [-0.39, 0.29) is 11.2 Å². The fourth-order valence-corrected chi connectivity index (χ4v) is 3.64. The van der Waals surface area contributed by atoms with Gasteiger partial charge in [-0.25, -0.2) is 14.5 Å². The lowest BCUT2D eigenvalue weighted by Gasteiger charge is -2.32. The number of rotatable bonds is 6. The predicted molar refractivity (Wildman–Crippen MR) is 98.1 cm³/mol. The van der Waals surface area contributed by atoms with E-state index in [4.69, 9.17) is 0 Å². The van der Waals surface area contributed by atoms with Crippen molar-refractivity contribution in [2.24, 2.45) is 5.92 Å². The van der Waals surface area contributed by atoms with Crippen LogP contribution < -0.4 is 11.2 Å². The predicted octanol–water partition coefficient (Wildman–Crippen LogP) is 1.09. The summed E-state index contributed by atoms with van der Waals surface area (Å²) in [6.45, 7) is 4.23. The van der Waals surface area contributed by atoms with Gasteiger partial charge in [-0.05, 0) is 56.8 Å². The second-order valence-corrected chi connectivity index (χ2v) is 7.43. The van der Waals surface area contributed by atoms with Crippen LogP contribution in [0.3, 0.4) is 0 Å². The molecule has 0 aromatic carbocycles. The first-order valence-electron chi connectivity index (χ1n) is 9.51. The maximum atomic E-state index is 12.1. The maximum Gasteiger partial charge on any atom is 0.347 e. The van der Waals surface area contributed by atoms with Gasteiger partial charge in [0.2, 0.25) is 0 Å². The smallest absolute Gasteiger partial charge is 0.302 e. The van der Waals surface area contributed by atoms with Gasteiger partial charge in [0.25, 0.3) is 5.56 Å². The summed E-state index contributed by atoms with van der Waals surface area (Å²) in [6.07, 6.45) is 7.83. The van der Waals surface area contributed by atoms with Crippen molar-refractivity contribution in [1.82, 2.24) is 24.2 Å². The van der Waals surface area contributed by atoms with E-state index >= 15 is 0 Å². The van der Waals surface area contributed by atoms with Crippen molar-refractivity contribution in [2.45, 2.75) is 44.7 Å². The minimum atomic E-state index is -0.191. The second-order valence-electron chi connectivity index (χ2n) is 7.43. The van der Waals surface area contributed by atoms with Gasteiger partial charge in [0.05, 0.1) is 5.69 Å². The number of nitrogens with zero attached hydrogens (tertiary/aromatic N) is 5. The molecule has 7 nitrogen and oxygen atoms in total. The Bertz CT molecular complexity index is 862. The summed E-state index contributed by atoms with van der Waals surface area (Å²) in [5.41, 5.74) is 0.889. The highest BCUT2D eigenvalue weighted by Gasteiger charge is 2.26. The van der Waals surface area contributed by atoms with Crippen molar-refractivity contribution < 1.29 is 0 Å². The monoisotopic (exact) mass is 355 g/mol. The number of piperidine rings is 1. The molecule has 7 heteroatoms. The molecule has 3 heterocycles. The van der Waals surface area contributed by atoms with Crippen molar-refractivity contribution in [3.8, 4) is 0 Å². The molecule has 2 aliphatic rings. The Hall–Kier alpha value is -2.28. The highest BCUT2D eigenvalue weighted by molar-refractivity contribution is 5.12. The lowest BCUT2D eigenvalue weighted by Crippen LogP contribution is -2.39. The Kier molecular flexibility index (Phi) is 4.97. The molecule has 4 rings (SSSR count). The van der Waals surface area contributed by atoms with Crippen LogP contribution in [0.4, 0.5) is 0 Å². The number of hydrogen-bond donors (Lipinski definition) is 0. The van der Waals surface area contributed by atoms with Crippen molar-refractivity contribution in [1.29, 1.82) is 0 Å². The van der Waals surface area contributed by atoms with Gasteiger partial charge in [0.15, 0.2) is 0 Å². The molecule has 1 aliphatic carbocycles. The zero-order valence-corrected chi connectivity index (χ0v) is 15.0. The molecule has 0 N–H and O–H groups in total. The van der Waals surface area contributed by atoms with Gasteiger partial charge in [-0.3, -0.25) is 9.36 Å². The zero-order valence-electron chi connectivity index (χ0n) is 15.0. The van der Waals surface area contributed by atoms with Crippen LogP contribution in [0.2, 0.25) is 0 Å². The second kappa shape index (κ2) is 7.53.